The average Bonchev–Trinajstić information content (AvgIpc) is 2.50. The largest absolute Gasteiger partial charge is 0.496 e. The van der Waals surface area contributed by atoms with Gasteiger partial charge in [-0.1, -0.05) is 18.2 Å². The summed E-state index contributed by atoms with van der Waals surface area (Å²) in [7, 11) is 3.51. The smallest absolute Gasteiger partial charge is 0.190 e. The summed E-state index contributed by atoms with van der Waals surface area (Å²) in [4.78, 5) is 4.22. The Morgan fingerprint density at radius 1 is 1.24 bits per heavy atom. The number of hydrogen-bond acceptors (Lipinski definition) is 3. The van der Waals surface area contributed by atoms with E-state index in [1.54, 1.807) is 14.2 Å². The highest BCUT2D eigenvalue weighted by atomic mass is 127. The Hall–Kier alpha value is -0.630. The lowest BCUT2D eigenvalue weighted by Gasteiger charge is -2.12. The number of para-hydroxylation sites is 1. The van der Waals surface area contributed by atoms with Crippen LogP contribution in [-0.4, -0.2) is 45.2 Å². The number of ether oxygens (including phenoxy) is 1. The molecule has 2 N–H and O–H groups in total. The van der Waals surface area contributed by atoms with Gasteiger partial charge in [0.1, 0.15) is 5.75 Å². The number of benzene rings is 1. The second-order valence-electron chi connectivity index (χ2n) is 4.33. The highest BCUT2D eigenvalue weighted by Gasteiger charge is 2.02. The number of thioether (sulfide) groups is 1. The lowest BCUT2D eigenvalue weighted by Crippen LogP contribution is -2.38. The van der Waals surface area contributed by atoms with Crippen molar-refractivity contribution in [3.05, 3.63) is 29.8 Å². The monoisotopic (exact) mass is 423 g/mol. The molecule has 1 aromatic rings. The van der Waals surface area contributed by atoms with E-state index in [-0.39, 0.29) is 24.0 Å². The first kappa shape index (κ1) is 20.4. The molecule has 0 bridgehead atoms. The summed E-state index contributed by atoms with van der Waals surface area (Å²) in [6.45, 7) is 1.79. The van der Waals surface area contributed by atoms with Crippen LogP contribution < -0.4 is 15.4 Å². The molecule has 4 nitrogen and oxygen atoms in total. The van der Waals surface area contributed by atoms with Crippen LogP contribution in [0.25, 0.3) is 0 Å². The molecule has 0 saturated heterocycles. The van der Waals surface area contributed by atoms with Crippen LogP contribution in [0, 0.1) is 0 Å². The Morgan fingerprint density at radius 2 is 1.95 bits per heavy atom. The zero-order valence-electron chi connectivity index (χ0n) is 13.0. The molecule has 0 heterocycles. The zero-order valence-corrected chi connectivity index (χ0v) is 16.2. The van der Waals surface area contributed by atoms with Gasteiger partial charge >= 0.3 is 0 Å². The SMILES string of the molecule is CN=C(NCCCSC)NCCc1ccccc1OC.I. The van der Waals surface area contributed by atoms with Crippen molar-refractivity contribution in [2.45, 2.75) is 12.8 Å². The number of rotatable bonds is 8. The van der Waals surface area contributed by atoms with Crippen molar-refractivity contribution in [1.82, 2.24) is 10.6 Å². The number of nitrogens with zero attached hydrogens (tertiary/aromatic N) is 1. The van der Waals surface area contributed by atoms with Crippen molar-refractivity contribution in [2.75, 3.05) is 39.3 Å². The van der Waals surface area contributed by atoms with E-state index in [9.17, 15) is 0 Å². The molecule has 21 heavy (non-hydrogen) atoms. The lowest BCUT2D eigenvalue weighted by atomic mass is 10.1. The van der Waals surface area contributed by atoms with E-state index >= 15 is 0 Å². The van der Waals surface area contributed by atoms with Crippen molar-refractivity contribution >= 4 is 41.7 Å². The third-order valence-corrected chi connectivity index (χ3v) is 3.62. The van der Waals surface area contributed by atoms with Gasteiger partial charge in [0, 0.05) is 20.1 Å². The molecule has 0 aromatic heterocycles. The van der Waals surface area contributed by atoms with Crippen LogP contribution in [-0.2, 0) is 6.42 Å². The van der Waals surface area contributed by atoms with Gasteiger partial charge < -0.3 is 15.4 Å². The van der Waals surface area contributed by atoms with E-state index in [0.717, 1.165) is 37.6 Å². The second-order valence-corrected chi connectivity index (χ2v) is 5.32. The minimum atomic E-state index is 0. The maximum atomic E-state index is 5.35. The molecule has 1 aromatic carbocycles. The molecule has 0 spiro atoms. The molecule has 0 aliphatic heterocycles. The lowest BCUT2D eigenvalue weighted by molar-refractivity contribution is 0.409. The molecule has 120 valence electrons. The highest BCUT2D eigenvalue weighted by molar-refractivity contribution is 14.0. The maximum Gasteiger partial charge on any atom is 0.190 e. The van der Waals surface area contributed by atoms with Crippen LogP contribution in [0.15, 0.2) is 29.3 Å². The van der Waals surface area contributed by atoms with Gasteiger partial charge in [0.25, 0.3) is 0 Å². The van der Waals surface area contributed by atoms with Gasteiger partial charge in [-0.3, -0.25) is 4.99 Å². The topological polar surface area (TPSA) is 45.7 Å². The number of halogens is 1. The summed E-state index contributed by atoms with van der Waals surface area (Å²) in [6, 6.07) is 8.11. The quantitative estimate of drug-likeness (QED) is 0.292. The van der Waals surface area contributed by atoms with Gasteiger partial charge in [-0.25, -0.2) is 0 Å². The van der Waals surface area contributed by atoms with E-state index in [0.29, 0.717) is 0 Å². The Labute approximate surface area is 149 Å². The van der Waals surface area contributed by atoms with E-state index in [1.807, 2.05) is 30.0 Å². The van der Waals surface area contributed by atoms with E-state index in [2.05, 4.69) is 27.9 Å². The van der Waals surface area contributed by atoms with Gasteiger partial charge in [0.15, 0.2) is 5.96 Å². The first-order valence-electron chi connectivity index (χ1n) is 6.87. The summed E-state index contributed by atoms with van der Waals surface area (Å²) in [6.07, 6.45) is 4.18. The van der Waals surface area contributed by atoms with Crippen LogP contribution in [0.1, 0.15) is 12.0 Å². The van der Waals surface area contributed by atoms with Crippen LogP contribution in [0.2, 0.25) is 0 Å². The number of methoxy groups -OCH3 is 1. The fourth-order valence-electron chi connectivity index (χ4n) is 1.87. The van der Waals surface area contributed by atoms with Crippen molar-refractivity contribution < 1.29 is 4.74 Å². The molecule has 0 unspecified atom stereocenters. The molecule has 6 heteroatoms. The Kier molecular flexibility index (Phi) is 12.7. The summed E-state index contributed by atoms with van der Waals surface area (Å²) >= 11 is 1.87. The number of guanidine groups is 1. The average molecular weight is 423 g/mol. The third-order valence-electron chi connectivity index (χ3n) is 2.92. The molecule has 0 fully saturated rings. The Balaban J connectivity index is 0.00000400. The van der Waals surface area contributed by atoms with Gasteiger partial charge in [0.2, 0.25) is 0 Å². The molecule has 1 rings (SSSR count). The zero-order chi connectivity index (χ0) is 14.6. The third kappa shape index (κ3) is 8.40. The number of hydrogen-bond donors (Lipinski definition) is 2. The predicted octanol–water partition coefficient (Wildman–Crippen LogP) is 2.77. The van der Waals surface area contributed by atoms with E-state index in [1.165, 1.54) is 11.3 Å². The molecular formula is C15H26IN3OS. The van der Waals surface area contributed by atoms with Crippen LogP contribution >= 0.6 is 35.7 Å². The summed E-state index contributed by atoms with van der Waals surface area (Å²) in [5, 5.41) is 6.64. The van der Waals surface area contributed by atoms with Gasteiger partial charge in [-0.2, -0.15) is 11.8 Å². The molecule has 0 aliphatic carbocycles. The Morgan fingerprint density at radius 3 is 2.62 bits per heavy atom. The minimum absolute atomic E-state index is 0. The van der Waals surface area contributed by atoms with Crippen LogP contribution in [0.3, 0.4) is 0 Å². The molecule has 0 atom stereocenters. The minimum Gasteiger partial charge on any atom is -0.496 e. The van der Waals surface area contributed by atoms with Crippen LogP contribution in [0.4, 0.5) is 0 Å². The molecular weight excluding hydrogens is 397 g/mol. The van der Waals surface area contributed by atoms with Gasteiger partial charge in [0.05, 0.1) is 7.11 Å². The maximum absolute atomic E-state index is 5.35. The number of nitrogens with one attached hydrogen (secondary N) is 2. The van der Waals surface area contributed by atoms with E-state index < -0.39 is 0 Å². The van der Waals surface area contributed by atoms with Crippen molar-refractivity contribution in [2.24, 2.45) is 4.99 Å². The van der Waals surface area contributed by atoms with Gasteiger partial charge in [-0.05, 0) is 36.5 Å². The van der Waals surface area contributed by atoms with Crippen molar-refractivity contribution in [3.63, 3.8) is 0 Å². The summed E-state index contributed by atoms with van der Waals surface area (Å²) < 4.78 is 5.35. The van der Waals surface area contributed by atoms with E-state index in [4.69, 9.17) is 4.74 Å². The first-order valence-corrected chi connectivity index (χ1v) is 8.26. The standard InChI is InChI=1S/C15H25N3OS.HI/c1-16-15(17-10-6-12-20-3)18-11-9-13-7-4-5-8-14(13)19-2;/h4-5,7-8H,6,9-12H2,1-3H3,(H2,16,17,18);1H. The van der Waals surface area contributed by atoms with Gasteiger partial charge in [-0.15, -0.1) is 24.0 Å². The van der Waals surface area contributed by atoms with Crippen LogP contribution in [0.5, 0.6) is 5.75 Å². The van der Waals surface area contributed by atoms with Crippen molar-refractivity contribution in [3.8, 4) is 5.75 Å². The van der Waals surface area contributed by atoms with Crippen molar-refractivity contribution in [1.29, 1.82) is 0 Å². The second kappa shape index (κ2) is 13.1. The highest BCUT2D eigenvalue weighted by Crippen LogP contribution is 2.17. The predicted molar refractivity (Wildman–Crippen MR) is 104 cm³/mol. The molecule has 0 radical (unpaired) electrons. The fraction of sp³-hybridized carbons (Fsp3) is 0.533. The molecule has 0 saturated carbocycles. The molecule has 0 amide bonds. The Bertz CT molecular complexity index is 416. The normalized spacial score (nSPS) is 10.7. The first-order chi connectivity index (χ1) is 9.81. The fourth-order valence-corrected chi connectivity index (χ4v) is 2.30. The summed E-state index contributed by atoms with van der Waals surface area (Å²) in [5.74, 6) is 2.98. The number of aliphatic imine (C=N–C) groups is 1. The molecule has 0 aliphatic rings. The summed E-state index contributed by atoms with van der Waals surface area (Å²) in [5.41, 5.74) is 1.21.